The van der Waals surface area contributed by atoms with E-state index in [-0.39, 0.29) is 17.8 Å². The van der Waals surface area contributed by atoms with Crippen molar-refractivity contribution in [3.8, 4) is 6.07 Å². The van der Waals surface area contributed by atoms with E-state index >= 15 is 0 Å². The summed E-state index contributed by atoms with van der Waals surface area (Å²) in [6, 6.07) is 6.14. The summed E-state index contributed by atoms with van der Waals surface area (Å²) < 4.78 is 34.6. The highest BCUT2D eigenvalue weighted by molar-refractivity contribution is 7.87. The van der Waals surface area contributed by atoms with Crippen LogP contribution in [0.25, 0.3) is 0 Å². The van der Waals surface area contributed by atoms with Gasteiger partial charge in [-0.2, -0.15) is 13.7 Å². The molecule has 1 unspecified atom stereocenters. The molecule has 1 aliphatic heterocycles. The van der Waals surface area contributed by atoms with E-state index < -0.39 is 27.8 Å². The fourth-order valence-corrected chi connectivity index (χ4v) is 2.77. The van der Waals surface area contributed by atoms with Crippen LogP contribution in [0.3, 0.4) is 0 Å². The molecule has 1 atom stereocenters. The van der Waals surface area contributed by atoms with E-state index in [1.165, 1.54) is 18.2 Å². The summed E-state index contributed by atoms with van der Waals surface area (Å²) in [6.07, 6.45) is -0.424. The van der Waals surface area contributed by atoms with Gasteiger partial charge in [-0.15, -0.1) is 3.89 Å². The fourth-order valence-electron chi connectivity index (χ4n) is 1.93. The molecule has 1 aromatic carbocycles. The summed E-state index contributed by atoms with van der Waals surface area (Å²) in [6.45, 7) is -0.298. The lowest BCUT2D eigenvalue weighted by molar-refractivity contribution is -0.117. The SMILES string of the molecule is N#Cc1cc(Cl)ccc1N1CC(S(=O)(=O)F)CC1=O. The lowest BCUT2D eigenvalue weighted by Gasteiger charge is -2.17. The Labute approximate surface area is 114 Å². The zero-order chi connectivity index (χ0) is 14.2. The van der Waals surface area contributed by atoms with Gasteiger partial charge in [0.25, 0.3) is 0 Å². The second-order valence-corrected chi connectivity index (χ2v) is 6.13. The topological polar surface area (TPSA) is 78.2 Å². The molecule has 1 amide bonds. The predicted molar refractivity (Wildman–Crippen MR) is 67.0 cm³/mol. The van der Waals surface area contributed by atoms with Crippen LogP contribution in [0.4, 0.5) is 9.57 Å². The first-order valence-electron chi connectivity index (χ1n) is 5.26. The molecule has 1 saturated heterocycles. The van der Waals surface area contributed by atoms with Crippen LogP contribution in [0.1, 0.15) is 12.0 Å². The first-order valence-corrected chi connectivity index (χ1v) is 7.09. The molecular formula is C11H8ClFN2O3S. The Balaban J connectivity index is 2.39. The molecule has 100 valence electrons. The van der Waals surface area contributed by atoms with E-state index in [1.54, 1.807) is 0 Å². The number of carbonyl (C=O) groups excluding carboxylic acids is 1. The van der Waals surface area contributed by atoms with E-state index in [0.717, 1.165) is 4.90 Å². The molecule has 0 N–H and O–H groups in total. The van der Waals surface area contributed by atoms with Gasteiger partial charge in [0.15, 0.2) is 0 Å². The molecule has 0 bridgehead atoms. The Hall–Kier alpha value is -1.65. The van der Waals surface area contributed by atoms with Crippen molar-refractivity contribution in [2.75, 3.05) is 11.4 Å². The van der Waals surface area contributed by atoms with E-state index in [9.17, 15) is 17.1 Å². The summed E-state index contributed by atoms with van der Waals surface area (Å²) >= 11 is 5.73. The zero-order valence-electron chi connectivity index (χ0n) is 9.51. The van der Waals surface area contributed by atoms with Crippen molar-refractivity contribution in [3.05, 3.63) is 28.8 Å². The van der Waals surface area contributed by atoms with Crippen molar-refractivity contribution in [2.45, 2.75) is 11.7 Å². The average Bonchev–Trinajstić information content (AvgIpc) is 2.71. The Morgan fingerprint density at radius 1 is 1.47 bits per heavy atom. The van der Waals surface area contributed by atoms with Crippen LogP contribution < -0.4 is 4.90 Å². The number of halogens is 2. The van der Waals surface area contributed by atoms with Gasteiger partial charge in [0.2, 0.25) is 5.91 Å². The van der Waals surface area contributed by atoms with Gasteiger partial charge in [0.05, 0.1) is 11.3 Å². The van der Waals surface area contributed by atoms with Crippen molar-refractivity contribution >= 4 is 33.4 Å². The van der Waals surface area contributed by atoms with Crippen molar-refractivity contribution < 1.29 is 17.1 Å². The summed E-state index contributed by atoms with van der Waals surface area (Å²) in [7, 11) is -4.78. The summed E-state index contributed by atoms with van der Waals surface area (Å²) in [4.78, 5) is 12.8. The molecule has 0 aromatic heterocycles. The number of anilines is 1. The Bertz CT molecular complexity index is 684. The maximum Gasteiger partial charge on any atom is 0.307 e. The number of nitriles is 1. The van der Waals surface area contributed by atoms with Gasteiger partial charge >= 0.3 is 10.2 Å². The van der Waals surface area contributed by atoms with Crippen LogP contribution in [-0.4, -0.2) is 26.1 Å². The molecule has 1 aromatic rings. The van der Waals surface area contributed by atoms with Gasteiger partial charge in [-0.05, 0) is 18.2 Å². The number of hydrogen-bond acceptors (Lipinski definition) is 4. The van der Waals surface area contributed by atoms with Gasteiger partial charge < -0.3 is 4.90 Å². The Morgan fingerprint density at radius 3 is 2.68 bits per heavy atom. The molecule has 0 aliphatic carbocycles. The molecule has 0 saturated carbocycles. The molecule has 1 fully saturated rings. The number of carbonyl (C=O) groups is 1. The smallest absolute Gasteiger partial charge is 0.307 e. The molecule has 8 heteroatoms. The minimum Gasteiger partial charge on any atom is -0.310 e. The van der Waals surface area contributed by atoms with E-state index in [1.807, 2.05) is 6.07 Å². The summed E-state index contributed by atoms with van der Waals surface area (Å²) in [5, 5.41) is 7.91. The molecule has 5 nitrogen and oxygen atoms in total. The molecule has 1 heterocycles. The highest BCUT2D eigenvalue weighted by Gasteiger charge is 2.39. The highest BCUT2D eigenvalue weighted by Crippen LogP contribution is 2.29. The highest BCUT2D eigenvalue weighted by atomic mass is 35.5. The largest absolute Gasteiger partial charge is 0.310 e. The third-order valence-electron chi connectivity index (χ3n) is 2.86. The molecule has 2 rings (SSSR count). The van der Waals surface area contributed by atoms with Gasteiger partial charge in [0.1, 0.15) is 11.3 Å². The molecule has 0 spiro atoms. The van der Waals surface area contributed by atoms with Crippen molar-refractivity contribution in [2.24, 2.45) is 0 Å². The number of rotatable bonds is 2. The predicted octanol–water partition coefficient (Wildman–Crippen LogP) is 1.62. The number of amides is 1. The summed E-state index contributed by atoms with van der Waals surface area (Å²) in [5.41, 5.74) is 0.376. The fraction of sp³-hybridized carbons (Fsp3) is 0.273. The minimum atomic E-state index is -4.78. The standard InChI is InChI=1S/C11H8ClFN2O3S/c12-8-1-2-10(7(3-8)5-14)15-6-9(4-11(15)16)19(13,17)18/h1-3,9H,4,6H2. The lowest BCUT2D eigenvalue weighted by Crippen LogP contribution is -2.27. The number of nitrogens with zero attached hydrogens (tertiary/aromatic N) is 2. The Morgan fingerprint density at radius 2 is 2.16 bits per heavy atom. The van der Waals surface area contributed by atoms with Crippen LogP contribution in [-0.2, 0) is 15.0 Å². The van der Waals surface area contributed by atoms with Crippen molar-refractivity contribution in [1.29, 1.82) is 5.26 Å². The van der Waals surface area contributed by atoms with Crippen LogP contribution in [0, 0.1) is 11.3 Å². The van der Waals surface area contributed by atoms with Crippen LogP contribution in [0.5, 0.6) is 0 Å². The normalized spacial score (nSPS) is 19.5. The third-order valence-corrected chi connectivity index (χ3v) is 4.20. The summed E-state index contributed by atoms with van der Waals surface area (Å²) in [5.74, 6) is -0.537. The van der Waals surface area contributed by atoms with Crippen molar-refractivity contribution in [3.63, 3.8) is 0 Å². The van der Waals surface area contributed by atoms with E-state index in [4.69, 9.17) is 16.9 Å². The molecule has 0 radical (unpaired) electrons. The first-order chi connectivity index (χ1) is 8.82. The molecular weight excluding hydrogens is 295 g/mol. The van der Waals surface area contributed by atoms with E-state index in [2.05, 4.69) is 0 Å². The Kier molecular flexibility index (Phi) is 3.47. The van der Waals surface area contributed by atoms with Crippen LogP contribution in [0.15, 0.2) is 18.2 Å². The van der Waals surface area contributed by atoms with Crippen molar-refractivity contribution in [1.82, 2.24) is 0 Å². The lowest BCUT2D eigenvalue weighted by atomic mass is 10.2. The quantitative estimate of drug-likeness (QED) is 0.778. The first kappa shape index (κ1) is 13.8. The van der Waals surface area contributed by atoms with Gasteiger partial charge in [-0.1, -0.05) is 11.6 Å². The second-order valence-electron chi connectivity index (χ2n) is 4.08. The van der Waals surface area contributed by atoms with Gasteiger partial charge in [-0.3, -0.25) is 4.79 Å². The number of hydrogen-bond donors (Lipinski definition) is 0. The molecule has 19 heavy (non-hydrogen) atoms. The average molecular weight is 303 g/mol. The zero-order valence-corrected chi connectivity index (χ0v) is 11.1. The van der Waals surface area contributed by atoms with E-state index in [0.29, 0.717) is 5.02 Å². The maximum atomic E-state index is 12.9. The van der Waals surface area contributed by atoms with Crippen LogP contribution in [0.2, 0.25) is 5.02 Å². The maximum absolute atomic E-state index is 12.9. The second kappa shape index (κ2) is 4.79. The molecule has 1 aliphatic rings. The number of benzene rings is 1. The van der Waals surface area contributed by atoms with Crippen LogP contribution >= 0.6 is 11.6 Å². The van der Waals surface area contributed by atoms with Gasteiger partial charge in [-0.25, -0.2) is 0 Å². The van der Waals surface area contributed by atoms with Gasteiger partial charge in [0, 0.05) is 18.0 Å². The third kappa shape index (κ3) is 2.69. The minimum absolute atomic E-state index is 0.137. The monoisotopic (exact) mass is 302 g/mol.